The molecule has 1 unspecified atom stereocenters. The van der Waals surface area contributed by atoms with E-state index in [0.717, 1.165) is 41.2 Å². The SMILES string of the molecule is NC(=O)C(CCSc1nc2ccccc2[nH]1)NC1CC1. The minimum atomic E-state index is -0.262. The summed E-state index contributed by atoms with van der Waals surface area (Å²) in [6.07, 6.45) is 3.04. The molecule has 1 saturated carbocycles. The molecule has 0 aliphatic heterocycles. The van der Waals surface area contributed by atoms with E-state index in [1.165, 1.54) is 0 Å². The number of aromatic amines is 1. The van der Waals surface area contributed by atoms with E-state index in [0.29, 0.717) is 6.04 Å². The fourth-order valence-electron chi connectivity index (χ4n) is 2.11. The Morgan fingerprint density at radius 3 is 3.00 bits per heavy atom. The Morgan fingerprint density at radius 1 is 1.50 bits per heavy atom. The van der Waals surface area contributed by atoms with Crippen LogP contribution in [0, 0.1) is 0 Å². The summed E-state index contributed by atoms with van der Waals surface area (Å²) < 4.78 is 0. The van der Waals surface area contributed by atoms with Crippen LogP contribution in [0.3, 0.4) is 0 Å². The quantitative estimate of drug-likeness (QED) is 0.677. The number of thioether (sulfide) groups is 1. The number of amides is 1. The zero-order chi connectivity index (χ0) is 13.9. The molecule has 1 aliphatic carbocycles. The van der Waals surface area contributed by atoms with Gasteiger partial charge in [0.05, 0.1) is 17.1 Å². The number of H-pyrrole nitrogens is 1. The van der Waals surface area contributed by atoms with Crippen LogP contribution in [0.5, 0.6) is 0 Å². The van der Waals surface area contributed by atoms with E-state index in [-0.39, 0.29) is 11.9 Å². The van der Waals surface area contributed by atoms with Crippen molar-refractivity contribution in [2.75, 3.05) is 5.75 Å². The number of aromatic nitrogens is 2. The Balaban J connectivity index is 1.54. The number of rotatable bonds is 7. The van der Waals surface area contributed by atoms with Crippen molar-refractivity contribution < 1.29 is 4.79 Å². The number of benzene rings is 1. The summed E-state index contributed by atoms with van der Waals surface area (Å²) in [6, 6.07) is 8.21. The van der Waals surface area contributed by atoms with Crippen LogP contribution in [0.4, 0.5) is 0 Å². The van der Waals surface area contributed by atoms with Gasteiger partial charge in [0.25, 0.3) is 0 Å². The van der Waals surface area contributed by atoms with Gasteiger partial charge in [-0.1, -0.05) is 23.9 Å². The average molecular weight is 290 g/mol. The molecule has 1 atom stereocenters. The molecule has 1 aromatic heterocycles. The second-order valence-corrected chi connectivity index (χ2v) is 6.18. The van der Waals surface area contributed by atoms with Crippen LogP contribution in [0.25, 0.3) is 11.0 Å². The number of hydrogen-bond acceptors (Lipinski definition) is 4. The molecule has 3 rings (SSSR count). The van der Waals surface area contributed by atoms with Gasteiger partial charge >= 0.3 is 0 Å². The molecule has 2 aromatic rings. The molecular weight excluding hydrogens is 272 g/mol. The summed E-state index contributed by atoms with van der Waals surface area (Å²) in [5.41, 5.74) is 7.43. The molecule has 0 saturated heterocycles. The summed E-state index contributed by atoms with van der Waals surface area (Å²) in [5, 5.41) is 4.17. The Hall–Kier alpha value is -1.53. The third kappa shape index (κ3) is 3.32. The number of imidazole rings is 1. The fourth-order valence-corrected chi connectivity index (χ4v) is 3.01. The summed E-state index contributed by atoms with van der Waals surface area (Å²) >= 11 is 1.62. The van der Waals surface area contributed by atoms with Gasteiger partial charge in [0.1, 0.15) is 0 Å². The number of carbonyl (C=O) groups is 1. The van der Waals surface area contributed by atoms with Crippen molar-refractivity contribution in [1.29, 1.82) is 0 Å². The predicted octanol–water partition coefficient (Wildman–Crippen LogP) is 1.65. The van der Waals surface area contributed by atoms with Crippen molar-refractivity contribution in [3.8, 4) is 0 Å². The van der Waals surface area contributed by atoms with Crippen molar-refractivity contribution in [3.63, 3.8) is 0 Å². The fraction of sp³-hybridized carbons (Fsp3) is 0.429. The molecule has 0 radical (unpaired) electrons. The Bertz CT molecular complexity index is 575. The molecule has 1 amide bonds. The number of primary amides is 1. The number of hydrogen-bond donors (Lipinski definition) is 3. The highest BCUT2D eigenvalue weighted by atomic mass is 32.2. The van der Waals surface area contributed by atoms with Gasteiger partial charge in [0.15, 0.2) is 5.16 Å². The van der Waals surface area contributed by atoms with Gasteiger partial charge in [-0.25, -0.2) is 4.98 Å². The van der Waals surface area contributed by atoms with E-state index in [2.05, 4.69) is 15.3 Å². The molecular formula is C14H18N4OS. The first-order chi connectivity index (χ1) is 9.72. The van der Waals surface area contributed by atoms with Crippen LogP contribution >= 0.6 is 11.8 Å². The Kier molecular flexibility index (Phi) is 3.93. The summed E-state index contributed by atoms with van der Waals surface area (Å²) in [4.78, 5) is 19.1. The molecule has 1 aliphatic rings. The Labute approximate surface area is 121 Å². The van der Waals surface area contributed by atoms with Crippen LogP contribution in [0.2, 0.25) is 0 Å². The molecule has 6 heteroatoms. The highest BCUT2D eigenvalue weighted by molar-refractivity contribution is 7.99. The molecule has 20 heavy (non-hydrogen) atoms. The molecule has 4 N–H and O–H groups in total. The molecule has 5 nitrogen and oxygen atoms in total. The molecule has 1 heterocycles. The van der Waals surface area contributed by atoms with E-state index >= 15 is 0 Å². The van der Waals surface area contributed by atoms with Crippen LogP contribution in [-0.4, -0.2) is 33.7 Å². The largest absolute Gasteiger partial charge is 0.368 e. The predicted molar refractivity (Wildman–Crippen MR) is 80.6 cm³/mol. The smallest absolute Gasteiger partial charge is 0.234 e. The van der Waals surface area contributed by atoms with Crippen molar-refractivity contribution in [2.45, 2.75) is 36.5 Å². The average Bonchev–Trinajstić information content (AvgIpc) is 3.15. The molecule has 0 bridgehead atoms. The zero-order valence-corrected chi connectivity index (χ0v) is 12.0. The maximum Gasteiger partial charge on any atom is 0.234 e. The van der Waals surface area contributed by atoms with E-state index < -0.39 is 0 Å². The van der Waals surface area contributed by atoms with Crippen LogP contribution in [0.1, 0.15) is 19.3 Å². The second-order valence-electron chi connectivity index (χ2n) is 5.09. The first kappa shape index (κ1) is 13.5. The second kappa shape index (κ2) is 5.85. The van der Waals surface area contributed by atoms with Crippen LogP contribution in [0.15, 0.2) is 29.4 Å². The summed E-state index contributed by atoms with van der Waals surface area (Å²) in [6.45, 7) is 0. The lowest BCUT2D eigenvalue weighted by molar-refractivity contribution is -0.120. The maximum atomic E-state index is 11.4. The lowest BCUT2D eigenvalue weighted by Crippen LogP contribution is -2.42. The minimum absolute atomic E-state index is 0.223. The van der Waals surface area contributed by atoms with Gasteiger partial charge in [-0.05, 0) is 31.4 Å². The van der Waals surface area contributed by atoms with E-state index in [4.69, 9.17) is 5.73 Å². The van der Waals surface area contributed by atoms with E-state index in [1.807, 2.05) is 24.3 Å². The maximum absolute atomic E-state index is 11.4. The van der Waals surface area contributed by atoms with Crippen molar-refractivity contribution in [2.24, 2.45) is 5.73 Å². The molecule has 1 fully saturated rings. The first-order valence-electron chi connectivity index (χ1n) is 6.85. The summed E-state index contributed by atoms with van der Waals surface area (Å²) in [7, 11) is 0. The lowest BCUT2D eigenvalue weighted by Gasteiger charge is -2.13. The number of para-hydroxylation sites is 2. The van der Waals surface area contributed by atoms with Gasteiger partial charge in [0.2, 0.25) is 5.91 Å². The van der Waals surface area contributed by atoms with E-state index in [1.54, 1.807) is 11.8 Å². The highest BCUT2D eigenvalue weighted by Crippen LogP contribution is 2.22. The van der Waals surface area contributed by atoms with E-state index in [9.17, 15) is 4.79 Å². The number of nitrogens with one attached hydrogen (secondary N) is 2. The monoisotopic (exact) mass is 290 g/mol. The minimum Gasteiger partial charge on any atom is -0.368 e. The van der Waals surface area contributed by atoms with Gasteiger partial charge in [-0.15, -0.1) is 0 Å². The first-order valence-corrected chi connectivity index (χ1v) is 7.84. The van der Waals surface area contributed by atoms with Gasteiger partial charge in [0, 0.05) is 11.8 Å². The van der Waals surface area contributed by atoms with Gasteiger partial charge in [-0.3, -0.25) is 4.79 Å². The third-order valence-corrected chi connectivity index (χ3v) is 4.28. The molecule has 106 valence electrons. The Morgan fingerprint density at radius 2 is 2.30 bits per heavy atom. The number of fused-ring (bicyclic) bond motifs is 1. The lowest BCUT2D eigenvalue weighted by atomic mass is 10.2. The van der Waals surface area contributed by atoms with Crippen LogP contribution < -0.4 is 11.1 Å². The number of nitrogens with two attached hydrogens (primary N) is 1. The van der Waals surface area contributed by atoms with Gasteiger partial charge in [-0.2, -0.15) is 0 Å². The van der Waals surface area contributed by atoms with Crippen molar-refractivity contribution >= 4 is 28.7 Å². The standard InChI is InChI=1S/C14H18N4OS/c15-13(19)12(16-9-5-6-9)7-8-20-14-17-10-3-1-2-4-11(10)18-14/h1-4,9,12,16H,5-8H2,(H2,15,19)(H,17,18). The van der Waals surface area contributed by atoms with Crippen molar-refractivity contribution in [1.82, 2.24) is 15.3 Å². The van der Waals surface area contributed by atoms with Gasteiger partial charge < -0.3 is 16.0 Å². The van der Waals surface area contributed by atoms with Crippen molar-refractivity contribution in [3.05, 3.63) is 24.3 Å². The topological polar surface area (TPSA) is 83.8 Å². The zero-order valence-electron chi connectivity index (χ0n) is 11.1. The number of nitrogens with zero attached hydrogens (tertiary/aromatic N) is 1. The molecule has 1 aromatic carbocycles. The third-order valence-electron chi connectivity index (χ3n) is 3.37. The number of carbonyl (C=O) groups excluding carboxylic acids is 1. The summed E-state index contributed by atoms with van der Waals surface area (Å²) in [5.74, 6) is 0.551. The normalized spacial score (nSPS) is 16.4. The van der Waals surface area contributed by atoms with Crippen LogP contribution in [-0.2, 0) is 4.79 Å². The molecule has 0 spiro atoms. The highest BCUT2D eigenvalue weighted by Gasteiger charge is 2.26.